The molecule has 1 aromatic heterocycles. The first-order chi connectivity index (χ1) is 12.2. The molecular weight excluding hydrogens is 322 g/mol. The number of rotatable bonds is 5. The smallest absolute Gasteiger partial charge is 0.293 e. The molecule has 3 rings (SSSR count). The average Bonchev–Trinajstić information content (AvgIpc) is 2.67. The summed E-state index contributed by atoms with van der Waals surface area (Å²) in [5.41, 5.74) is 1.47. The van der Waals surface area contributed by atoms with E-state index in [1.54, 1.807) is 18.3 Å². The first-order valence-corrected chi connectivity index (χ1v) is 7.88. The molecule has 1 fully saturated rings. The molecular formula is C17H17N5O3. The quantitative estimate of drug-likeness (QED) is 0.658. The van der Waals surface area contributed by atoms with Crippen LogP contribution in [0.15, 0.2) is 36.5 Å². The molecule has 0 aliphatic carbocycles. The largest absolute Gasteiger partial charge is 0.378 e. The topological polar surface area (TPSA) is 104 Å². The Kier molecular flexibility index (Phi) is 5.06. The van der Waals surface area contributed by atoms with Crippen LogP contribution in [0.25, 0.3) is 0 Å². The maximum absolute atomic E-state index is 11.2. The Balaban J connectivity index is 1.81. The van der Waals surface area contributed by atoms with Gasteiger partial charge in [0.1, 0.15) is 11.5 Å². The van der Waals surface area contributed by atoms with Gasteiger partial charge in [0.15, 0.2) is 0 Å². The van der Waals surface area contributed by atoms with Crippen LogP contribution >= 0.6 is 0 Å². The monoisotopic (exact) mass is 339 g/mol. The van der Waals surface area contributed by atoms with Crippen molar-refractivity contribution in [2.24, 2.45) is 0 Å². The predicted octanol–water partition coefficient (Wildman–Crippen LogP) is 2.31. The first-order valence-electron chi connectivity index (χ1n) is 7.88. The molecule has 0 bridgehead atoms. The maximum atomic E-state index is 11.2. The van der Waals surface area contributed by atoms with E-state index in [0.717, 1.165) is 24.5 Å². The molecule has 0 atom stereocenters. The number of morpholine rings is 1. The zero-order valence-electron chi connectivity index (χ0n) is 13.5. The standard InChI is InChI=1S/C17H17N5O3/c18-11-13-3-4-15(16(10-13)22(23)24)20-12-14-2-1-5-19-17(14)21-6-8-25-9-7-21/h1-5,10,20H,6-9,12H2. The summed E-state index contributed by atoms with van der Waals surface area (Å²) in [6.07, 6.45) is 1.73. The Morgan fingerprint density at radius 2 is 2.16 bits per heavy atom. The van der Waals surface area contributed by atoms with E-state index in [2.05, 4.69) is 15.2 Å². The van der Waals surface area contributed by atoms with Crippen molar-refractivity contribution >= 4 is 17.2 Å². The SMILES string of the molecule is N#Cc1ccc(NCc2cccnc2N2CCOCC2)c([N+](=O)[O-])c1. The van der Waals surface area contributed by atoms with Gasteiger partial charge in [-0.25, -0.2) is 4.98 Å². The highest BCUT2D eigenvalue weighted by molar-refractivity contribution is 5.64. The van der Waals surface area contributed by atoms with Gasteiger partial charge in [-0.15, -0.1) is 0 Å². The number of nitro groups is 1. The molecule has 1 aromatic carbocycles. The summed E-state index contributed by atoms with van der Waals surface area (Å²) in [6.45, 7) is 3.24. The molecule has 0 saturated carbocycles. The van der Waals surface area contributed by atoms with Crippen LogP contribution in [0.1, 0.15) is 11.1 Å². The van der Waals surface area contributed by atoms with E-state index in [4.69, 9.17) is 10.00 Å². The molecule has 8 nitrogen and oxygen atoms in total. The lowest BCUT2D eigenvalue weighted by molar-refractivity contribution is -0.384. The highest BCUT2D eigenvalue weighted by atomic mass is 16.6. The number of nitro benzene ring substituents is 1. The van der Waals surface area contributed by atoms with Crippen molar-refractivity contribution in [1.29, 1.82) is 5.26 Å². The number of benzene rings is 1. The van der Waals surface area contributed by atoms with Crippen molar-refractivity contribution in [2.75, 3.05) is 36.5 Å². The molecule has 1 aliphatic heterocycles. The van der Waals surface area contributed by atoms with Gasteiger partial charge < -0.3 is 15.0 Å². The number of pyridine rings is 1. The maximum Gasteiger partial charge on any atom is 0.293 e. The van der Waals surface area contributed by atoms with Crippen LogP contribution in [0.3, 0.4) is 0 Å². The van der Waals surface area contributed by atoms with Gasteiger partial charge in [0.05, 0.1) is 29.8 Å². The summed E-state index contributed by atoms with van der Waals surface area (Å²) in [5.74, 6) is 0.856. The van der Waals surface area contributed by atoms with Crippen LogP contribution in [0.4, 0.5) is 17.2 Å². The number of aromatic nitrogens is 1. The molecule has 8 heteroatoms. The van der Waals surface area contributed by atoms with Crippen molar-refractivity contribution in [2.45, 2.75) is 6.54 Å². The van der Waals surface area contributed by atoms with Crippen LogP contribution in [0.2, 0.25) is 0 Å². The fourth-order valence-electron chi connectivity index (χ4n) is 2.72. The molecule has 1 N–H and O–H groups in total. The zero-order chi connectivity index (χ0) is 17.6. The summed E-state index contributed by atoms with van der Waals surface area (Å²) in [6, 6.07) is 10.1. The van der Waals surface area contributed by atoms with Gasteiger partial charge in [-0.1, -0.05) is 6.07 Å². The van der Waals surface area contributed by atoms with E-state index in [-0.39, 0.29) is 11.3 Å². The summed E-state index contributed by atoms with van der Waals surface area (Å²) in [7, 11) is 0. The molecule has 1 aliphatic rings. The molecule has 0 amide bonds. The van der Waals surface area contributed by atoms with E-state index >= 15 is 0 Å². The van der Waals surface area contributed by atoms with Crippen molar-refractivity contribution in [3.63, 3.8) is 0 Å². The summed E-state index contributed by atoms with van der Waals surface area (Å²) in [5, 5.41) is 23.2. The second-order valence-corrected chi connectivity index (χ2v) is 5.54. The molecule has 2 aromatic rings. The highest BCUT2D eigenvalue weighted by Crippen LogP contribution is 2.27. The Morgan fingerprint density at radius 1 is 1.36 bits per heavy atom. The Morgan fingerprint density at radius 3 is 2.88 bits per heavy atom. The number of ether oxygens (including phenoxy) is 1. The van der Waals surface area contributed by atoms with Crippen molar-refractivity contribution in [1.82, 2.24) is 4.98 Å². The van der Waals surface area contributed by atoms with E-state index in [1.807, 2.05) is 18.2 Å². The Labute approximate surface area is 144 Å². The van der Waals surface area contributed by atoms with Crippen LogP contribution in [0.5, 0.6) is 0 Å². The Bertz CT molecular complexity index is 812. The fourth-order valence-corrected chi connectivity index (χ4v) is 2.72. The van der Waals surface area contributed by atoms with Gasteiger partial charge in [0, 0.05) is 37.5 Å². The summed E-state index contributed by atoms with van der Waals surface area (Å²) in [4.78, 5) is 17.3. The van der Waals surface area contributed by atoms with E-state index in [0.29, 0.717) is 25.4 Å². The minimum atomic E-state index is -0.491. The second-order valence-electron chi connectivity index (χ2n) is 5.54. The van der Waals surface area contributed by atoms with E-state index in [9.17, 15) is 10.1 Å². The highest BCUT2D eigenvalue weighted by Gasteiger charge is 2.18. The average molecular weight is 339 g/mol. The third-order valence-corrected chi connectivity index (χ3v) is 3.97. The lowest BCUT2D eigenvalue weighted by Crippen LogP contribution is -2.37. The number of nitrogens with one attached hydrogen (secondary N) is 1. The number of hydrogen-bond acceptors (Lipinski definition) is 7. The molecule has 0 unspecified atom stereocenters. The number of anilines is 2. The minimum Gasteiger partial charge on any atom is -0.378 e. The Hall–Kier alpha value is -3.18. The van der Waals surface area contributed by atoms with Crippen molar-refractivity contribution in [3.05, 3.63) is 57.8 Å². The molecule has 128 valence electrons. The lowest BCUT2D eigenvalue weighted by atomic mass is 10.1. The van der Waals surface area contributed by atoms with Crippen LogP contribution in [-0.2, 0) is 11.3 Å². The van der Waals surface area contributed by atoms with Gasteiger partial charge in [-0.05, 0) is 18.2 Å². The second kappa shape index (κ2) is 7.59. The molecule has 0 spiro atoms. The number of nitriles is 1. The molecule has 25 heavy (non-hydrogen) atoms. The summed E-state index contributed by atoms with van der Waals surface area (Å²) >= 11 is 0. The predicted molar refractivity (Wildman–Crippen MR) is 92.4 cm³/mol. The molecule has 2 heterocycles. The third-order valence-electron chi connectivity index (χ3n) is 3.97. The molecule has 0 radical (unpaired) electrons. The minimum absolute atomic E-state index is 0.115. The summed E-state index contributed by atoms with van der Waals surface area (Å²) < 4.78 is 5.37. The fraction of sp³-hybridized carbons (Fsp3) is 0.294. The molecule has 1 saturated heterocycles. The first kappa shape index (κ1) is 16.7. The van der Waals surface area contributed by atoms with E-state index in [1.165, 1.54) is 6.07 Å². The van der Waals surface area contributed by atoms with Gasteiger partial charge in [0.2, 0.25) is 0 Å². The number of nitrogens with zero attached hydrogens (tertiary/aromatic N) is 4. The van der Waals surface area contributed by atoms with Gasteiger partial charge in [-0.3, -0.25) is 10.1 Å². The van der Waals surface area contributed by atoms with Gasteiger partial charge in [0.25, 0.3) is 5.69 Å². The van der Waals surface area contributed by atoms with Gasteiger partial charge >= 0.3 is 0 Å². The van der Waals surface area contributed by atoms with Gasteiger partial charge in [-0.2, -0.15) is 5.26 Å². The van der Waals surface area contributed by atoms with Crippen LogP contribution in [-0.4, -0.2) is 36.2 Å². The normalized spacial score (nSPS) is 14.0. The lowest BCUT2D eigenvalue weighted by Gasteiger charge is -2.29. The van der Waals surface area contributed by atoms with Crippen molar-refractivity contribution < 1.29 is 9.66 Å². The number of hydrogen-bond donors (Lipinski definition) is 1. The van der Waals surface area contributed by atoms with E-state index < -0.39 is 4.92 Å². The van der Waals surface area contributed by atoms with Crippen molar-refractivity contribution in [3.8, 4) is 6.07 Å². The zero-order valence-corrected chi connectivity index (χ0v) is 13.5. The van der Waals surface area contributed by atoms with Crippen LogP contribution < -0.4 is 10.2 Å². The van der Waals surface area contributed by atoms with Crippen LogP contribution in [0, 0.1) is 21.4 Å². The third kappa shape index (κ3) is 3.84.